The van der Waals surface area contributed by atoms with Crippen molar-refractivity contribution in [2.45, 2.75) is 12.8 Å². The van der Waals surface area contributed by atoms with Gasteiger partial charge in [0.2, 0.25) is 23.4 Å². The number of hydrogen-bond donors (Lipinski definition) is 1. The maximum absolute atomic E-state index is 13.0. The molecular formula is C23H28N6O4. The number of amides is 2. The zero-order chi connectivity index (χ0) is 23.2. The summed E-state index contributed by atoms with van der Waals surface area (Å²) in [6, 6.07) is 5.56. The van der Waals surface area contributed by atoms with E-state index in [1.165, 1.54) is 6.26 Å². The van der Waals surface area contributed by atoms with Crippen LogP contribution >= 0.6 is 0 Å². The van der Waals surface area contributed by atoms with Crippen LogP contribution in [0.3, 0.4) is 0 Å². The summed E-state index contributed by atoms with van der Waals surface area (Å²) >= 11 is 0. The normalized spacial score (nSPS) is 17.5. The highest BCUT2D eigenvalue weighted by Crippen LogP contribution is 2.31. The summed E-state index contributed by atoms with van der Waals surface area (Å²) in [4.78, 5) is 35.1. The first-order valence-electron chi connectivity index (χ1n) is 11.2. The Morgan fingerprint density at radius 2 is 2.00 bits per heavy atom. The molecule has 0 unspecified atom stereocenters. The zero-order valence-corrected chi connectivity index (χ0v) is 18.5. The SMILES string of the molecule is C=CCNC(=O)CN1CCN(C(=O)C2CCN(c3oc(-c4ccco4)nc3C#N)CC2)CC1. The maximum atomic E-state index is 13.0. The van der Waals surface area contributed by atoms with Gasteiger partial charge in [0.25, 0.3) is 5.89 Å². The van der Waals surface area contributed by atoms with Crippen molar-refractivity contribution in [2.75, 3.05) is 57.3 Å². The summed E-state index contributed by atoms with van der Waals surface area (Å²) in [6.45, 7) is 8.24. The first kappa shape index (κ1) is 22.6. The van der Waals surface area contributed by atoms with E-state index < -0.39 is 0 Å². The summed E-state index contributed by atoms with van der Waals surface area (Å²) < 4.78 is 11.1. The third-order valence-electron chi connectivity index (χ3n) is 6.07. The minimum absolute atomic E-state index is 0.0265. The quantitative estimate of drug-likeness (QED) is 0.628. The lowest BCUT2D eigenvalue weighted by molar-refractivity contribution is -0.138. The number of anilines is 1. The largest absolute Gasteiger partial charge is 0.459 e. The van der Waals surface area contributed by atoms with Crippen LogP contribution in [0.2, 0.25) is 0 Å². The summed E-state index contributed by atoms with van der Waals surface area (Å²) in [7, 11) is 0. The smallest absolute Gasteiger partial charge is 0.266 e. The second-order valence-electron chi connectivity index (χ2n) is 8.22. The van der Waals surface area contributed by atoms with E-state index in [0.29, 0.717) is 76.8 Å². The molecule has 10 nitrogen and oxygen atoms in total. The van der Waals surface area contributed by atoms with Gasteiger partial charge in [-0.15, -0.1) is 6.58 Å². The zero-order valence-electron chi connectivity index (χ0n) is 18.5. The molecule has 174 valence electrons. The lowest BCUT2D eigenvalue weighted by Gasteiger charge is -2.38. The van der Waals surface area contributed by atoms with Crippen molar-refractivity contribution >= 4 is 17.7 Å². The van der Waals surface area contributed by atoms with E-state index in [-0.39, 0.29) is 29.3 Å². The van der Waals surface area contributed by atoms with Gasteiger partial charge in [-0.1, -0.05) is 6.08 Å². The van der Waals surface area contributed by atoms with Gasteiger partial charge < -0.3 is 24.0 Å². The summed E-state index contributed by atoms with van der Waals surface area (Å²) in [5.74, 6) is 1.27. The lowest BCUT2D eigenvalue weighted by atomic mass is 9.95. The molecule has 2 aliphatic rings. The van der Waals surface area contributed by atoms with Crippen LogP contribution in [0.15, 0.2) is 39.9 Å². The molecule has 0 saturated carbocycles. The van der Waals surface area contributed by atoms with Crippen molar-refractivity contribution in [3.8, 4) is 17.7 Å². The summed E-state index contributed by atoms with van der Waals surface area (Å²) in [5, 5.41) is 12.2. The summed E-state index contributed by atoms with van der Waals surface area (Å²) in [5.41, 5.74) is 0.222. The number of hydrogen-bond acceptors (Lipinski definition) is 8. The Labute approximate surface area is 192 Å². The van der Waals surface area contributed by atoms with E-state index in [1.54, 1.807) is 18.2 Å². The Morgan fingerprint density at radius 3 is 2.64 bits per heavy atom. The van der Waals surface area contributed by atoms with Gasteiger partial charge in [0, 0.05) is 51.7 Å². The van der Waals surface area contributed by atoms with Gasteiger partial charge in [0.1, 0.15) is 6.07 Å². The van der Waals surface area contributed by atoms with Gasteiger partial charge in [-0.2, -0.15) is 10.2 Å². The van der Waals surface area contributed by atoms with E-state index in [2.05, 4.69) is 27.8 Å². The molecular weight excluding hydrogens is 424 g/mol. The van der Waals surface area contributed by atoms with Gasteiger partial charge in [0.15, 0.2) is 5.76 Å². The number of oxazole rings is 1. The molecule has 2 amide bonds. The summed E-state index contributed by atoms with van der Waals surface area (Å²) in [6.07, 6.45) is 4.55. The molecule has 33 heavy (non-hydrogen) atoms. The Balaban J connectivity index is 1.27. The van der Waals surface area contributed by atoms with Gasteiger partial charge in [-0.05, 0) is 25.0 Å². The van der Waals surface area contributed by atoms with Gasteiger partial charge in [-0.25, -0.2) is 0 Å². The molecule has 1 N–H and O–H groups in total. The molecule has 10 heteroatoms. The Hall–Kier alpha value is -3.58. The molecule has 0 radical (unpaired) electrons. The lowest BCUT2D eigenvalue weighted by Crippen LogP contribution is -2.53. The maximum Gasteiger partial charge on any atom is 0.266 e. The molecule has 0 aromatic carbocycles. The van der Waals surface area contributed by atoms with Gasteiger partial charge in [0.05, 0.1) is 12.8 Å². The van der Waals surface area contributed by atoms with Gasteiger partial charge >= 0.3 is 0 Å². The highest BCUT2D eigenvalue weighted by Gasteiger charge is 2.32. The number of carbonyl (C=O) groups excluding carboxylic acids is 2. The van der Waals surface area contributed by atoms with E-state index in [0.717, 1.165) is 0 Å². The first-order chi connectivity index (χ1) is 16.1. The van der Waals surface area contributed by atoms with Crippen molar-refractivity contribution in [3.05, 3.63) is 36.7 Å². The number of piperazine rings is 1. The molecule has 2 saturated heterocycles. The second kappa shape index (κ2) is 10.4. The van der Waals surface area contributed by atoms with Crippen molar-refractivity contribution in [2.24, 2.45) is 5.92 Å². The van der Waals surface area contributed by atoms with Crippen molar-refractivity contribution in [1.82, 2.24) is 20.1 Å². The minimum Gasteiger partial charge on any atom is -0.459 e. The van der Waals surface area contributed by atoms with Crippen molar-refractivity contribution in [1.29, 1.82) is 5.26 Å². The molecule has 0 aliphatic carbocycles. The standard InChI is InChI=1S/C23H28N6O4/c1-2-7-25-20(30)16-27-10-12-28(13-11-27)22(31)17-5-8-29(9-6-17)23-18(15-24)26-21(33-23)19-4-3-14-32-19/h2-4,14,17H,1,5-13,16H2,(H,25,30). The molecule has 4 heterocycles. The monoisotopic (exact) mass is 452 g/mol. The minimum atomic E-state index is -0.0540. The third-order valence-corrected chi connectivity index (χ3v) is 6.07. The number of furan rings is 1. The second-order valence-corrected chi connectivity index (χ2v) is 8.22. The van der Waals surface area contributed by atoms with Crippen LogP contribution < -0.4 is 10.2 Å². The van der Waals surface area contributed by atoms with E-state index in [1.807, 2.05) is 9.80 Å². The Bertz CT molecular complexity index is 1010. The fourth-order valence-electron chi connectivity index (χ4n) is 4.26. The average Bonchev–Trinajstić information content (AvgIpc) is 3.53. The highest BCUT2D eigenvalue weighted by molar-refractivity contribution is 5.80. The number of nitrogens with zero attached hydrogens (tertiary/aromatic N) is 5. The molecule has 2 aromatic heterocycles. The van der Waals surface area contributed by atoms with Crippen molar-refractivity contribution < 1.29 is 18.4 Å². The van der Waals surface area contributed by atoms with Crippen molar-refractivity contribution in [3.63, 3.8) is 0 Å². The number of piperidine rings is 1. The fourth-order valence-corrected chi connectivity index (χ4v) is 4.26. The Morgan fingerprint density at radius 1 is 1.24 bits per heavy atom. The van der Waals surface area contributed by atoms with E-state index in [4.69, 9.17) is 8.83 Å². The highest BCUT2D eigenvalue weighted by atomic mass is 16.4. The molecule has 4 rings (SSSR count). The Kier molecular flexibility index (Phi) is 7.10. The molecule has 2 aromatic rings. The first-order valence-corrected chi connectivity index (χ1v) is 11.2. The number of rotatable bonds is 7. The number of aromatic nitrogens is 1. The molecule has 0 atom stereocenters. The number of carbonyl (C=O) groups is 2. The van der Waals surface area contributed by atoms with E-state index >= 15 is 0 Å². The van der Waals surface area contributed by atoms with Crippen LogP contribution in [0.1, 0.15) is 18.5 Å². The van der Waals surface area contributed by atoms with Crippen LogP contribution in [0.25, 0.3) is 11.7 Å². The predicted molar refractivity (Wildman–Crippen MR) is 120 cm³/mol. The predicted octanol–water partition coefficient (Wildman–Crippen LogP) is 1.47. The van der Waals surface area contributed by atoms with Crippen LogP contribution in [0.5, 0.6) is 0 Å². The van der Waals surface area contributed by atoms with Crippen LogP contribution in [0, 0.1) is 17.2 Å². The topological polar surface area (TPSA) is 119 Å². The third kappa shape index (κ3) is 5.26. The van der Waals surface area contributed by atoms with Gasteiger partial charge in [-0.3, -0.25) is 14.5 Å². The van der Waals surface area contributed by atoms with Crippen LogP contribution in [-0.2, 0) is 9.59 Å². The molecule has 0 spiro atoms. The number of nitrogens with one attached hydrogen (secondary N) is 1. The van der Waals surface area contributed by atoms with Crippen LogP contribution in [-0.4, -0.2) is 79.0 Å². The van der Waals surface area contributed by atoms with E-state index in [9.17, 15) is 14.9 Å². The molecule has 2 aliphatic heterocycles. The van der Waals surface area contributed by atoms with Crippen LogP contribution in [0.4, 0.5) is 5.88 Å². The average molecular weight is 453 g/mol. The molecule has 2 fully saturated rings. The molecule has 0 bridgehead atoms. The number of nitriles is 1. The fraction of sp³-hybridized carbons (Fsp3) is 0.478.